The molecular formula is C14H12N2. The Morgan fingerprint density at radius 3 is 2.62 bits per heavy atom. The Kier molecular flexibility index (Phi) is 2.00. The molecule has 3 rings (SSSR count). The van der Waals surface area contributed by atoms with Crippen LogP contribution in [0.15, 0.2) is 54.9 Å². The van der Waals surface area contributed by atoms with E-state index in [-0.39, 0.29) is 0 Å². The summed E-state index contributed by atoms with van der Waals surface area (Å²) in [5.74, 6) is 0.999. The summed E-state index contributed by atoms with van der Waals surface area (Å²) in [5, 5.41) is 0. The van der Waals surface area contributed by atoms with E-state index in [2.05, 4.69) is 46.8 Å². The fraction of sp³-hybridized carbons (Fsp3) is 0.0714. The van der Waals surface area contributed by atoms with E-state index < -0.39 is 0 Å². The summed E-state index contributed by atoms with van der Waals surface area (Å²) in [6, 6.07) is 14.4. The summed E-state index contributed by atoms with van der Waals surface area (Å²) in [6.07, 6.45) is 3.98. The maximum Gasteiger partial charge on any atom is 0.144 e. The number of nitrogens with zero attached hydrogens (tertiary/aromatic N) is 2. The molecule has 1 aromatic carbocycles. The van der Waals surface area contributed by atoms with Crippen LogP contribution in [0.4, 0.5) is 0 Å². The molecule has 2 nitrogen and oxygen atoms in total. The van der Waals surface area contributed by atoms with Crippen LogP contribution in [-0.2, 0) is 0 Å². The van der Waals surface area contributed by atoms with Crippen LogP contribution in [0, 0.1) is 6.92 Å². The van der Waals surface area contributed by atoms with E-state index in [1.54, 1.807) is 0 Å². The fourth-order valence-corrected chi connectivity index (χ4v) is 1.96. The average Bonchev–Trinajstić information content (AvgIpc) is 2.75. The molecule has 0 amide bonds. The van der Waals surface area contributed by atoms with Crippen molar-refractivity contribution in [1.29, 1.82) is 0 Å². The quantitative estimate of drug-likeness (QED) is 0.599. The lowest BCUT2D eigenvalue weighted by Crippen LogP contribution is -1.89. The molecule has 78 valence electrons. The highest BCUT2D eigenvalue weighted by molar-refractivity contribution is 5.64. The van der Waals surface area contributed by atoms with Crippen molar-refractivity contribution in [3.8, 4) is 11.4 Å². The number of benzene rings is 1. The highest BCUT2D eigenvalue weighted by Gasteiger charge is 2.06. The van der Waals surface area contributed by atoms with Crippen molar-refractivity contribution in [3.05, 3.63) is 60.4 Å². The Labute approximate surface area is 94.2 Å². The van der Waals surface area contributed by atoms with Gasteiger partial charge in [0.2, 0.25) is 0 Å². The first-order valence-corrected chi connectivity index (χ1v) is 5.34. The maximum absolute atomic E-state index is 4.49. The van der Waals surface area contributed by atoms with Gasteiger partial charge in [-0.2, -0.15) is 0 Å². The van der Waals surface area contributed by atoms with E-state index in [0.29, 0.717) is 0 Å². The van der Waals surface area contributed by atoms with Crippen molar-refractivity contribution < 1.29 is 0 Å². The predicted octanol–water partition coefficient (Wildman–Crippen LogP) is 3.31. The van der Waals surface area contributed by atoms with E-state index >= 15 is 0 Å². The van der Waals surface area contributed by atoms with Gasteiger partial charge in [-0.05, 0) is 18.6 Å². The van der Waals surface area contributed by atoms with Crippen molar-refractivity contribution in [2.75, 3.05) is 0 Å². The van der Waals surface area contributed by atoms with Crippen LogP contribution < -0.4 is 0 Å². The molecule has 16 heavy (non-hydrogen) atoms. The minimum atomic E-state index is 0.999. The number of rotatable bonds is 1. The largest absolute Gasteiger partial charge is 0.300 e. The summed E-state index contributed by atoms with van der Waals surface area (Å²) >= 11 is 0. The SMILES string of the molecule is Cc1cccn2c(-c3ccccc3)ncc12. The van der Waals surface area contributed by atoms with E-state index in [0.717, 1.165) is 11.4 Å². The third-order valence-corrected chi connectivity index (χ3v) is 2.81. The highest BCUT2D eigenvalue weighted by Crippen LogP contribution is 2.20. The standard InChI is InChI=1S/C14H12N2/c1-11-6-5-9-16-13(11)10-15-14(16)12-7-3-2-4-8-12/h2-10H,1H3. The molecule has 0 fully saturated rings. The molecule has 0 saturated carbocycles. The van der Waals surface area contributed by atoms with Crippen molar-refractivity contribution in [2.24, 2.45) is 0 Å². The molecule has 0 N–H and O–H groups in total. The van der Waals surface area contributed by atoms with Crippen LogP contribution in [-0.4, -0.2) is 9.38 Å². The summed E-state index contributed by atoms with van der Waals surface area (Å²) in [6.45, 7) is 2.10. The second kappa shape index (κ2) is 3.49. The number of fused-ring (bicyclic) bond motifs is 1. The Balaban J connectivity index is 2.30. The lowest BCUT2D eigenvalue weighted by atomic mass is 10.2. The smallest absolute Gasteiger partial charge is 0.144 e. The molecule has 0 radical (unpaired) electrons. The van der Waals surface area contributed by atoms with Gasteiger partial charge in [0.15, 0.2) is 0 Å². The van der Waals surface area contributed by atoms with Gasteiger partial charge in [-0.25, -0.2) is 4.98 Å². The predicted molar refractivity (Wildman–Crippen MR) is 65.4 cm³/mol. The molecule has 2 heteroatoms. The topological polar surface area (TPSA) is 17.3 Å². The zero-order valence-corrected chi connectivity index (χ0v) is 9.09. The van der Waals surface area contributed by atoms with Gasteiger partial charge in [0.25, 0.3) is 0 Å². The van der Waals surface area contributed by atoms with Crippen molar-refractivity contribution in [2.45, 2.75) is 6.92 Å². The van der Waals surface area contributed by atoms with E-state index in [1.807, 2.05) is 24.4 Å². The van der Waals surface area contributed by atoms with Gasteiger partial charge in [-0.3, -0.25) is 4.40 Å². The highest BCUT2D eigenvalue weighted by atomic mass is 15.0. The first kappa shape index (κ1) is 9.16. The summed E-state index contributed by atoms with van der Waals surface area (Å²) < 4.78 is 2.13. The average molecular weight is 208 g/mol. The Morgan fingerprint density at radius 1 is 1.00 bits per heavy atom. The van der Waals surface area contributed by atoms with E-state index in [1.165, 1.54) is 11.1 Å². The number of hydrogen-bond acceptors (Lipinski definition) is 1. The summed E-state index contributed by atoms with van der Waals surface area (Å²) in [7, 11) is 0. The number of imidazole rings is 1. The molecule has 0 saturated heterocycles. The van der Waals surface area contributed by atoms with Gasteiger partial charge in [0.05, 0.1) is 11.7 Å². The summed E-state index contributed by atoms with van der Waals surface area (Å²) in [5.41, 5.74) is 3.56. The normalized spacial score (nSPS) is 10.8. The Morgan fingerprint density at radius 2 is 1.81 bits per heavy atom. The number of pyridine rings is 1. The first-order valence-electron chi connectivity index (χ1n) is 5.34. The van der Waals surface area contributed by atoms with Gasteiger partial charge in [-0.1, -0.05) is 36.4 Å². The second-order valence-corrected chi connectivity index (χ2v) is 3.89. The van der Waals surface area contributed by atoms with Crippen LogP contribution in [0.25, 0.3) is 16.9 Å². The Bertz CT molecular complexity index is 624. The third kappa shape index (κ3) is 1.31. The lowest BCUT2D eigenvalue weighted by molar-refractivity contribution is 1.15. The number of hydrogen-bond donors (Lipinski definition) is 0. The maximum atomic E-state index is 4.49. The molecule has 2 heterocycles. The van der Waals surface area contributed by atoms with Crippen LogP contribution in [0.5, 0.6) is 0 Å². The minimum absolute atomic E-state index is 0.999. The van der Waals surface area contributed by atoms with Crippen molar-refractivity contribution in [1.82, 2.24) is 9.38 Å². The minimum Gasteiger partial charge on any atom is -0.300 e. The van der Waals surface area contributed by atoms with Gasteiger partial charge < -0.3 is 0 Å². The number of aromatic nitrogens is 2. The van der Waals surface area contributed by atoms with Gasteiger partial charge >= 0.3 is 0 Å². The van der Waals surface area contributed by atoms with Crippen LogP contribution in [0.3, 0.4) is 0 Å². The molecule has 3 aromatic rings. The molecule has 2 aromatic heterocycles. The van der Waals surface area contributed by atoms with Crippen LogP contribution >= 0.6 is 0 Å². The van der Waals surface area contributed by atoms with Gasteiger partial charge in [-0.15, -0.1) is 0 Å². The summed E-state index contributed by atoms with van der Waals surface area (Å²) in [4.78, 5) is 4.49. The van der Waals surface area contributed by atoms with Gasteiger partial charge in [0, 0.05) is 11.8 Å². The molecule has 0 aliphatic carbocycles. The second-order valence-electron chi connectivity index (χ2n) is 3.89. The van der Waals surface area contributed by atoms with E-state index in [4.69, 9.17) is 0 Å². The third-order valence-electron chi connectivity index (χ3n) is 2.81. The van der Waals surface area contributed by atoms with Crippen LogP contribution in [0.2, 0.25) is 0 Å². The van der Waals surface area contributed by atoms with Crippen molar-refractivity contribution in [3.63, 3.8) is 0 Å². The molecular weight excluding hydrogens is 196 g/mol. The van der Waals surface area contributed by atoms with E-state index in [9.17, 15) is 0 Å². The zero-order chi connectivity index (χ0) is 11.0. The zero-order valence-electron chi connectivity index (χ0n) is 9.09. The molecule has 0 atom stereocenters. The Hall–Kier alpha value is -2.09. The van der Waals surface area contributed by atoms with Crippen molar-refractivity contribution >= 4 is 5.52 Å². The van der Waals surface area contributed by atoms with Crippen LogP contribution in [0.1, 0.15) is 5.56 Å². The molecule has 0 aliphatic rings. The molecule has 0 spiro atoms. The lowest BCUT2D eigenvalue weighted by Gasteiger charge is -2.02. The molecule has 0 unspecified atom stereocenters. The molecule has 0 bridgehead atoms. The van der Waals surface area contributed by atoms with Gasteiger partial charge in [0.1, 0.15) is 5.82 Å². The molecule has 0 aliphatic heterocycles. The number of aryl methyl sites for hydroxylation is 1. The first-order chi connectivity index (χ1) is 7.86. The monoisotopic (exact) mass is 208 g/mol. The fourth-order valence-electron chi connectivity index (χ4n) is 1.96.